The molecule has 7 nitrogen and oxygen atoms in total. The maximum absolute atomic E-state index is 13.2. The van der Waals surface area contributed by atoms with Crippen molar-refractivity contribution in [1.29, 1.82) is 0 Å². The first-order chi connectivity index (χ1) is 16.4. The number of rotatable bonds is 7. The molecule has 1 amide bonds. The number of nitrogens with one attached hydrogen (secondary N) is 1. The molecule has 2 aromatic rings. The highest BCUT2D eigenvalue weighted by molar-refractivity contribution is 7.17. The number of carbonyl (C=O) groups excluding carboxylic acids is 2. The molecule has 1 fully saturated rings. The second-order valence-electron chi connectivity index (χ2n) is 9.16. The van der Waals surface area contributed by atoms with Gasteiger partial charge in [0.05, 0.1) is 25.3 Å². The van der Waals surface area contributed by atoms with Gasteiger partial charge in [-0.2, -0.15) is 0 Å². The Morgan fingerprint density at radius 3 is 2.53 bits per heavy atom. The Morgan fingerprint density at radius 2 is 1.88 bits per heavy atom. The molecular formula is C26H35N3O4S. The number of esters is 1. The highest BCUT2D eigenvalue weighted by Gasteiger charge is 2.31. The van der Waals surface area contributed by atoms with Gasteiger partial charge in [-0.25, -0.2) is 4.79 Å². The van der Waals surface area contributed by atoms with Crippen LogP contribution in [0.5, 0.6) is 5.75 Å². The highest BCUT2D eigenvalue weighted by Crippen LogP contribution is 2.40. The third-order valence-electron chi connectivity index (χ3n) is 6.91. The number of thiophene rings is 1. The Hall–Kier alpha value is -2.58. The van der Waals surface area contributed by atoms with E-state index in [4.69, 9.17) is 9.47 Å². The smallest absolute Gasteiger partial charge is 0.341 e. The van der Waals surface area contributed by atoms with E-state index >= 15 is 0 Å². The van der Waals surface area contributed by atoms with Crippen molar-refractivity contribution in [2.45, 2.75) is 46.1 Å². The Balaban J connectivity index is 1.41. The average molecular weight is 486 g/mol. The standard InChI is InChI=1S/C26H35N3O4S/c1-5-33-26(31)23-21-11-6-17(2)16-22(21)34-25(23)27-24(30)18(3)28-12-14-29(15-13-28)19-7-9-20(32-4)10-8-19/h7-10,17-18H,5-6,11-16H2,1-4H3,(H,27,30)/t17-,18-/m1/s1. The predicted octanol–water partition coefficient (Wildman–Crippen LogP) is 4.21. The minimum atomic E-state index is -0.328. The van der Waals surface area contributed by atoms with Crippen LogP contribution < -0.4 is 15.0 Å². The first-order valence-electron chi connectivity index (χ1n) is 12.2. The summed E-state index contributed by atoms with van der Waals surface area (Å²) in [4.78, 5) is 31.7. The minimum absolute atomic E-state index is 0.0740. The summed E-state index contributed by atoms with van der Waals surface area (Å²) in [5, 5.41) is 3.73. The molecule has 8 heteroatoms. The van der Waals surface area contributed by atoms with E-state index in [0.29, 0.717) is 23.1 Å². The molecule has 0 unspecified atom stereocenters. The molecule has 2 heterocycles. The second-order valence-corrected chi connectivity index (χ2v) is 10.3. The lowest BCUT2D eigenvalue weighted by molar-refractivity contribution is -0.120. The van der Waals surface area contributed by atoms with Crippen molar-refractivity contribution >= 4 is 33.9 Å². The molecule has 2 atom stereocenters. The molecule has 0 saturated carbocycles. The van der Waals surface area contributed by atoms with Crippen LogP contribution in [0.25, 0.3) is 0 Å². The van der Waals surface area contributed by atoms with E-state index in [9.17, 15) is 9.59 Å². The molecule has 2 aliphatic rings. The van der Waals surface area contributed by atoms with Gasteiger partial charge < -0.3 is 19.7 Å². The van der Waals surface area contributed by atoms with Gasteiger partial charge in [-0.15, -0.1) is 11.3 Å². The number of methoxy groups -OCH3 is 1. The van der Waals surface area contributed by atoms with Crippen molar-refractivity contribution < 1.29 is 19.1 Å². The summed E-state index contributed by atoms with van der Waals surface area (Å²) in [7, 11) is 1.67. The lowest BCUT2D eigenvalue weighted by Gasteiger charge is -2.38. The number of nitrogens with zero attached hydrogens (tertiary/aromatic N) is 2. The molecule has 1 aromatic heterocycles. The van der Waals surface area contributed by atoms with Gasteiger partial charge in [-0.3, -0.25) is 9.69 Å². The molecule has 1 aliphatic carbocycles. The number of anilines is 2. The molecule has 1 aromatic carbocycles. The van der Waals surface area contributed by atoms with Crippen LogP contribution in [0.1, 0.15) is 48.0 Å². The molecule has 0 bridgehead atoms. The lowest BCUT2D eigenvalue weighted by atomic mass is 9.88. The van der Waals surface area contributed by atoms with Crippen LogP contribution in [0.4, 0.5) is 10.7 Å². The van der Waals surface area contributed by atoms with E-state index in [2.05, 4.69) is 34.2 Å². The van der Waals surface area contributed by atoms with Crippen LogP contribution in [0.3, 0.4) is 0 Å². The van der Waals surface area contributed by atoms with Crippen molar-refractivity contribution in [3.63, 3.8) is 0 Å². The highest BCUT2D eigenvalue weighted by atomic mass is 32.1. The molecule has 1 saturated heterocycles. The fraction of sp³-hybridized carbons (Fsp3) is 0.538. The Morgan fingerprint density at radius 1 is 1.18 bits per heavy atom. The fourth-order valence-corrected chi connectivity index (χ4v) is 6.20. The van der Waals surface area contributed by atoms with E-state index in [1.54, 1.807) is 18.4 Å². The number of hydrogen-bond acceptors (Lipinski definition) is 7. The molecule has 4 rings (SSSR count). The number of benzene rings is 1. The Labute approximate surface area is 206 Å². The summed E-state index contributed by atoms with van der Waals surface area (Å²) < 4.78 is 10.6. The van der Waals surface area contributed by atoms with E-state index in [1.165, 1.54) is 4.88 Å². The van der Waals surface area contributed by atoms with Crippen LogP contribution in [-0.2, 0) is 22.4 Å². The number of ether oxygens (including phenoxy) is 2. The SMILES string of the molecule is CCOC(=O)c1c(NC(=O)[C@@H](C)N2CCN(c3ccc(OC)cc3)CC2)sc2c1CC[C@@H](C)C2. The van der Waals surface area contributed by atoms with Gasteiger partial charge in [0.25, 0.3) is 0 Å². The quantitative estimate of drug-likeness (QED) is 0.593. The number of piperazine rings is 1. The fourth-order valence-electron chi connectivity index (χ4n) is 4.80. The van der Waals surface area contributed by atoms with Gasteiger partial charge >= 0.3 is 5.97 Å². The zero-order valence-corrected chi connectivity index (χ0v) is 21.4. The molecule has 184 valence electrons. The van der Waals surface area contributed by atoms with E-state index in [0.717, 1.165) is 62.4 Å². The molecular weight excluding hydrogens is 450 g/mol. The summed E-state index contributed by atoms with van der Waals surface area (Å²) in [5.74, 6) is 1.03. The zero-order valence-electron chi connectivity index (χ0n) is 20.6. The van der Waals surface area contributed by atoms with Gasteiger partial charge in [-0.05, 0) is 68.9 Å². The topological polar surface area (TPSA) is 71.1 Å². The maximum atomic E-state index is 13.2. The largest absolute Gasteiger partial charge is 0.497 e. The summed E-state index contributed by atoms with van der Waals surface area (Å²) in [6.45, 7) is 9.60. The second kappa shape index (κ2) is 10.8. The molecule has 0 radical (unpaired) electrons. The van der Waals surface area contributed by atoms with Gasteiger partial charge in [-0.1, -0.05) is 6.92 Å². The normalized spacial score (nSPS) is 19.3. The lowest BCUT2D eigenvalue weighted by Crippen LogP contribution is -2.52. The Bertz CT molecular complexity index is 1010. The summed E-state index contributed by atoms with van der Waals surface area (Å²) >= 11 is 1.54. The van der Waals surface area contributed by atoms with Crippen molar-refractivity contribution in [3.05, 3.63) is 40.3 Å². The summed E-state index contributed by atoms with van der Waals surface area (Å²) in [5.41, 5.74) is 2.80. The predicted molar refractivity (Wildman–Crippen MR) is 136 cm³/mol. The van der Waals surface area contributed by atoms with E-state index in [1.807, 2.05) is 26.0 Å². The van der Waals surface area contributed by atoms with Crippen LogP contribution in [0.2, 0.25) is 0 Å². The molecule has 0 spiro atoms. The van der Waals surface area contributed by atoms with E-state index in [-0.39, 0.29) is 17.9 Å². The van der Waals surface area contributed by atoms with Crippen LogP contribution in [0, 0.1) is 5.92 Å². The third kappa shape index (κ3) is 5.23. The van der Waals surface area contributed by atoms with Crippen LogP contribution >= 0.6 is 11.3 Å². The molecule has 1 N–H and O–H groups in total. The minimum Gasteiger partial charge on any atom is -0.497 e. The first-order valence-corrected chi connectivity index (χ1v) is 13.0. The van der Waals surface area contributed by atoms with Crippen molar-refractivity contribution in [3.8, 4) is 5.75 Å². The van der Waals surface area contributed by atoms with Crippen molar-refractivity contribution in [2.24, 2.45) is 5.92 Å². The molecule has 1 aliphatic heterocycles. The van der Waals surface area contributed by atoms with Gasteiger partial charge in [0.15, 0.2) is 0 Å². The number of amides is 1. The summed E-state index contributed by atoms with van der Waals surface area (Å²) in [6.07, 6.45) is 2.86. The maximum Gasteiger partial charge on any atom is 0.341 e. The van der Waals surface area contributed by atoms with Crippen molar-refractivity contribution in [2.75, 3.05) is 50.1 Å². The Kier molecular flexibility index (Phi) is 7.78. The monoisotopic (exact) mass is 485 g/mol. The van der Waals surface area contributed by atoms with Gasteiger partial charge in [0.2, 0.25) is 5.91 Å². The number of hydrogen-bond donors (Lipinski definition) is 1. The van der Waals surface area contributed by atoms with Gasteiger partial charge in [0.1, 0.15) is 10.8 Å². The number of fused-ring (bicyclic) bond motifs is 1. The van der Waals surface area contributed by atoms with Gasteiger partial charge in [0, 0.05) is 36.7 Å². The van der Waals surface area contributed by atoms with E-state index < -0.39 is 0 Å². The number of carbonyl (C=O) groups is 2. The average Bonchev–Trinajstić information content (AvgIpc) is 3.20. The summed E-state index contributed by atoms with van der Waals surface area (Å²) in [6, 6.07) is 7.80. The van der Waals surface area contributed by atoms with Crippen molar-refractivity contribution in [1.82, 2.24) is 4.90 Å². The third-order valence-corrected chi connectivity index (χ3v) is 8.08. The van der Waals surface area contributed by atoms with Crippen LogP contribution in [0.15, 0.2) is 24.3 Å². The van der Waals surface area contributed by atoms with Crippen LogP contribution in [-0.4, -0.2) is 62.7 Å². The molecule has 34 heavy (non-hydrogen) atoms. The first kappa shape index (κ1) is 24.5. The zero-order chi connectivity index (χ0) is 24.2.